The average Bonchev–Trinajstić information content (AvgIpc) is 2.99. The molecule has 2 aliphatic rings. The molecule has 31 heavy (non-hydrogen) atoms. The predicted molar refractivity (Wildman–Crippen MR) is 126 cm³/mol. The summed E-state index contributed by atoms with van der Waals surface area (Å²) >= 11 is 1.31. The van der Waals surface area contributed by atoms with E-state index in [9.17, 15) is 13.2 Å². The summed E-state index contributed by atoms with van der Waals surface area (Å²) in [6.45, 7) is 4.52. The van der Waals surface area contributed by atoms with Crippen LogP contribution in [-0.2, 0) is 28.6 Å². The van der Waals surface area contributed by atoms with Gasteiger partial charge in [-0.25, -0.2) is 0 Å². The standard InChI is InChI=1S/C23H42O6S2/c1-4-5-6-7-8-9-12-19-20(14-16-30-18(2)24)22(29-31(3,25)26)17-21(19)28-23-13-10-11-15-27-23/h19-23H,4-17H2,1-3H3/t19?,20-,21-,22+,23?/m1/s1. The lowest BCUT2D eigenvalue weighted by Crippen LogP contribution is -2.31. The molecule has 0 amide bonds. The fourth-order valence-corrected chi connectivity index (χ4v) is 6.28. The largest absolute Gasteiger partial charge is 0.353 e. The van der Waals surface area contributed by atoms with Crippen LogP contribution < -0.4 is 0 Å². The SMILES string of the molecule is CCCCCCCCC1[C@@H](CCSC(C)=O)[C@@H](OS(C)(=O)=O)C[C@H]1OC1CCCCO1. The molecule has 0 radical (unpaired) electrons. The maximum Gasteiger partial charge on any atom is 0.264 e. The number of ether oxygens (including phenoxy) is 2. The Hall–Kier alpha value is -0.150. The molecule has 1 saturated carbocycles. The highest BCUT2D eigenvalue weighted by atomic mass is 32.2. The second kappa shape index (κ2) is 14.2. The van der Waals surface area contributed by atoms with Crippen molar-refractivity contribution in [2.75, 3.05) is 18.6 Å². The van der Waals surface area contributed by atoms with Crippen molar-refractivity contribution >= 4 is 27.0 Å². The van der Waals surface area contributed by atoms with Crippen molar-refractivity contribution in [1.29, 1.82) is 0 Å². The number of hydrogen-bond donors (Lipinski definition) is 0. The molecule has 1 aliphatic heterocycles. The first-order valence-electron chi connectivity index (χ1n) is 12.1. The third-order valence-corrected chi connectivity index (χ3v) is 7.82. The van der Waals surface area contributed by atoms with Crippen LogP contribution >= 0.6 is 11.8 Å². The Morgan fingerprint density at radius 3 is 2.39 bits per heavy atom. The summed E-state index contributed by atoms with van der Waals surface area (Å²) < 4.78 is 41.6. The van der Waals surface area contributed by atoms with Gasteiger partial charge in [-0.1, -0.05) is 57.2 Å². The minimum atomic E-state index is -3.56. The third kappa shape index (κ3) is 10.5. The summed E-state index contributed by atoms with van der Waals surface area (Å²) in [6.07, 6.45) is 13.2. The summed E-state index contributed by atoms with van der Waals surface area (Å²) in [7, 11) is -3.56. The molecule has 0 aromatic rings. The summed E-state index contributed by atoms with van der Waals surface area (Å²) in [5.74, 6) is 0.991. The van der Waals surface area contributed by atoms with Gasteiger partial charge in [-0.2, -0.15) is 8.42 Å². The van der Waals surface area contributed by atoms with Crippen LogP contribution in [0.15, 0.2) is 0 Å². The Morgan fingerprint density at radius 2 is 1.74 bits per heavy atom. The lowest BCUT2D eigenvalue weighted by Gasteiger charge is -2.30. The van der Waals surface area contributed by atoms with E-state index in [1.807, 2.05) is 0 Å². The molecule has 6 nitrogen and oxygen atoms in total. The van der Waals surface area contributed by atoms with E-state index in [1.165, 1.54) is 43.9 Å². The topological polar surface area (TPSA) is 78.9 Å². The van der Waals surface area contributed by atoms with E-state index in [2.05, 4.69) is 6.92 Å². The highest BCUT2D eigenvalue weighted by Crippen LogP contribution is 2.43. The first-order chi connectivity index (χ1) is 14.8. The van der Waals surface area contributed by atoms with Crippen molar-refractivity contribution in [3.05, 3.63) is 0 Å². The molecule has 0 aromatic carbocycles. The Labute approximate surface area is 193 Å². The van der Waals surface area contributed by atoms with Gasteiger partial charge in [0.1, 0.15) is 0 Å². The van der Waals surface area contributed by atoms with Crippen LogP contribution in [-0.4, -0.2) is 50.6 Å². The van der Waals surface area contributed by atoms with E-state index >= 15 is 0 Å². The molecule has 8 heteroatoms. The number of unbranched alkanes of at least 4 members (excludes halogenated alkanes) is 5. The number of carbonyl (C=O) groups is 1. The fourth-order valence-electron chi connectivity index (χ4n) is 4.93. The molecule has 0 aromatic heterocycles. The van der Waals surface area contributed by atoms with E-state index < -0.39 is 10.1 Å². The van der Waals surface area contributed by atoms with Crippen LogP contribution in [0, 0.1) is 11.8 Å². The molecule has 2 fully saturated rings. The molecule has 2 unspecified atom stereocenters. The Balaban J connectivity index is 2.05. The fraction of sp³-hybridized carbons (Fsp3) is 0.957. The minimum absolute atomic E-state index is 0.0576. The van der Waals surface area contributed by atoms with Gasteiger partial charge < -0.3 is 9.47 Å². The number of rotatable bonds is 14. The zero-order chi connectivity index (χ0) is 22.7. The van der Waals surface area contributed by atoms with E-state index in [1.54, 1.807) is 6.92 Å². The molecule has 1 heterocycles. The Bertz CT molecular complexity index is 618. The maximum atomic E-state index is 11.9. The normalized spacial score (nSPS) is 29.3. The van der Waals surface area contributed by atoms with Crippen LogP contribution in [0.2, 0.25) is 0 Å². The number of thioether (sulfide) groups is 1. The zero-order valence-electron chi connectivity index (χ0n) is 19.6. The Kier molecular flexibility index (Phi) is 12.4. The average molecular weight is 479 g/mol. The van der Waals surface area contributed by atoms with E-state index in [4.69, 9.17) is 13.7 Å². The third-order valence-electron chi connectivity index (χ3n) is 6.38. The second-order valence-corrected chi connectivity index (χ2v) is 11.9. The van der Waals surface area contributed by atoms with Gasteiger partial charge >= 0.3 is 0 Å². The van der Waals surface area contributed by atoms with Crippen molar-refractivity contribution in [2.45, 2.75) is 109 Å². The van der Waals surface area contributed by atoms with Crippen LogP contribution in [0.5, 0.6) is 0 Å². The highest BCUT2D eigenvalue weighted by Gasteiger charge is 2.46. The number of hydrogen-bond acceptors (Lipinski definition) is 7. The van der Waals surface area contributed by atoms with Gasteiger partial charge in [0, 0.05) is 25.7 Å². The molecular formula is C23H42O6S2. The molecular weight excluding hydrogens is 436 g/mol. The quantitative estimate of drug-likeness (QED) is 0.248. The molecule has 2 rings (SSSR count). The first kappa shape index (κ1) is 27.1. The van der Waals surface area contributed by atoms with Crippen molar-refractivity contribution in [3.63, 3.8) is 0 Å². The van der Waals surface area contributed by atoms with Gasteiger partial charge in [0.15, 0.2) is 11.4 Å². The van der Waals surface area contributed by atoms with E-state index in [0.29, 0.717) is 12.2 Å². The van der Waals surface area contributed by atoms with Crippen molar-refractivity contribution in [2.24, 2.45) is 11.8 Å². The van der Waals surface area contributed by atoms with Crippen LogP contribution in [0.3, 0.4) is 0 Å². The van der Waals surface area contributed by atoms with Gasteiger partial charge in [-0.05, 0) is 43.9 Å². The maximum absolute atomic E-state index is 11.9. The van der Waals surface area contributed by atoms with Crippen LogP contribution in [0.1, 0.15) is 90.9 Å². The molecule has 182 valence electrons. The lowest BCUT2D eigenvalue weighted by molar-refractivity contribution is -0.196. The van der Waals surface area contributed by atoms with Crippen molar-refractivity contribution in [3.8, 4) is 0 Å². The van der Waals surface area contributed by atoms with Gasteiger partial charge in [-0.15, -0.1) is 0 Å². The smallest absolute Gasteiger partial charge is 0.264 e. The molecule has 1 aliphatic carbocycles. The number of carbonyl (C=O) groups excluding carboxylic acids is 1. The van der Waals surface area contributed by atoms with Gasteiger partial charge in [0.2, 0.25) is 0 Å². The predicted octanol–water partition coefficient (Wildman–Crippen LogP) is 5.30. The molecule has 5 atom stereocenters. The summed E-state index contributed by atoms with van der Waals surface area (Å²) in [5.41, 5.74) is 0. The molecule has 0 N–H and O–H groups in total. The Morgan fingerprint density at radius 1 is 1.03 bits per heavy atom. The second-order valence-electron chi connectivity index (χ2n) is 9.06. The first-order valence-corrected chi connectivity index (χ1v) is 14.9. The van der Waals surface area contributed by atoms with Crippen LogP contribution in [0.25, 0.3) is 0 Å². The summed E-state index contributed by atoms with van der Waals surface area (Å²) in [5, 5.41) is 0.0921. The van der Waals surface area contributed by atoms with Gasteiger partial charge in [0.05, 0.1) is 18.5 Å². The van der Waals surface area contributed by atoms with Crippen LogP contribution in [0.4, 0.5) is 0 Å². The molecule has 0 bridgehead atoms. The van der Waals surface area contributed by atoms with Crippen molar-refractivity contribution < 1.29 is 26.9 Å². The molecule has 0 spiro atoms. The highest BCUT2D eigenvalue weighted by molar-refractivity contribution is 8.13. The summed E-state index contributed by atoms with van der Waals surface area (Å²) in [6, 6.07) is 0. The van der Waals surface area contributed by atoms with Gasteiger partial charge in [0.25, 0.3) is 10.1 Å². The molecule has 1 saturated heterocycles. The monoisotopic (exact) mass is 478 g/mol. The summed E-state index contributed by atoms with van der Waals surface area (Å²) in [4.78, 5) is 11.4. The zero-order valence-corrected chi connectivity index (χ0v) is 21.2. The minimum Gasteiger partial charge on any atom is -0.353 e. The van der Waals surface area contributed by atoms with Crippen molar-refractivity contribution in [1.82, 2.24) is 0 Å². The van der Waals surface area contributed by atoms with Gasteiger partial charge in [-0.3, -0.25) is 8.98 Å². The van der Waals surface area contributed by atoms with E-state index in [0.717, 1.165) is 51.4 Å². The lowest BCUT2D eigenvalue weighted by atomic mass is 9.86. The van der Waals surface area contributed by atoms with E-state index in [-0.39, 0.29) is 35.4 Å².